The highest BCUT2D eigenvalue weighted by atomic mass is 32.2. The van der Waals surface area contributed by atoms with Crippen LogP contribution in [-0.4, -0.2) is 30.2 Å². The molecule has 3 heterocycles. The first kappa shape index (κ1) is 13.4. The van der Waals surface area contributed by atoms with E-state index in [0.717, 1.165) is 26.8 Å². The van der Waals surface area contributed by atoms with Crippen LogP contribution in [0.4, 0.5) is 0 Å². The molecule has 4 aromatic rings. The molecule has 6 nitrogen and oxygen atoms in total. The SMILES string of the molecule is c1ccc(-n2nnnc2CSc2ncnc3ccsc23)cc1. The third-order valence-electron chi connectivity index (χ3n) is 3.08. The highest BCUT2D eigenvalue weighted by Crippen LogP contribution is 2.30. The summed E-state index contributed by atoms with van der Waals surface area (Å²) in [6.07, 6.45) is 1.59. The molecule has 3 aromatic heterocycles. The minimum absolute atomic E-state index is 0.645. The van der Waals surface area contributed by atoms with Gasteiger partial charge in [0, 0.05) is 0 Å². The average Bonchev–Trinajstić information content (AvgIpc) is 3.23. The minimum Gasteiger partial charge on any atom is -0.235 e. The number of tetrazole rings is 1. The topological polar surface area (TPSA) is 69.4 Å². The first-order valence-electron chi connectivity index (χ1n) is 6.55. The van der Waals surface area contributed by atoms with Crippen molar-refractivity contribution >= 4 is 33.3 Å². The summed E-state index contributed by atoms with van der Waals surface area (Å²) >= 11 is 3.26. The fourth-order valence-corrected chi connectivity index (χ4v) is 3.92. The monoisotopic (exact) mass is 326 g/mol. The molecule has 0 N–H and O–H groups in total. The number of aromatic nitrogens is 6. The van der Waals surface area contributed by atoms with Crippen molar-refractivity contribution in [1.29, 1.82) is 0 Å². The number of thioether (sulfide) groups is 1. The van der Waals surface area contributed by atoms with Gasteiger partial charge in [0.1, 0.15) is 11.4 Å². The van der Waals surface area contributed by atoms with Gasteiger partial charge in [-0.25, -0.2) is 9.97 Å². The molecule has 0 bridgehead atoms. The molecule has 0 spiro atoms. The van der Waals surface area contributed by atoms with Crippen molar-refractivity contribution in [3.8, 4) is 5.69 Å². The summed E-state index contributed by atoms with van der Waals surface area (Å²) < 4.78 is 2.85. The average molecular weight is 326 g/mol. The molecule has 4 rings (SSSR count). The van der Waals surface area contributed by atoms with Crippen LogP contribution in [0.2, 0.25) is 0 Å². The van der Waals surface area contributed by atoms with E-state index in [0.29, 0.717) is 5.75 Å². The summed E-state index contributed by atoms with van der Waals surface area (Å²) in [6, 6.07) is 11.9. The van der Waals surface area contributed by atoms with E-state index in [1.807, 2.05) is 41.8 Å². The largest absolute Gasteiger partial charge is 0.235 e. The van der Waals surface area contributed by atoms with E-state index in [1.165, 1.54) is 0 Å². The van der Waals surface area contributed by atoms with E-state index in [4.69, 9.17) is 0 Å². The number of rotatable bonds is 4. The summed E-state index contributed by atoms with van der Waals surface area (Å²) in [5.41, 5.74) is 1.93. The van der Waals surface area contributed by atoms with Crippen LogP contribution in [-0.2, 0) is 5.75 Å². The van der Waals surface area contributed by atoms with E-state index in [-0.39, 0.29) is 0 Å². The van der Waals surface area contributed by atoms with Crippen molar-refractivity contribution < 1.29 is 0 Å². The molecule has 0 atom stereocenters. The molecule has 0 radical (unpaired) electrons. The van der Waals surface area contributed by atoms with Crippen molar-refractivity contribution in [2.24, 2.45) is 0 Å². The minimum atomic E-state index is 0.645. The summed E-state index contributed by atoms with van der Waals surface area (Å²) in [6.45, 7) is 0. The van der Waals surface area contributed by atoms with Crippen LogP contribution >= 0.6 is 23.1 Å². The van der Waals surface area contributed by atoms with Crippen LogP contribution in [0.1, 0.15) is 5.82 Å². The number of benzene rings is 1. The smallest absolute Gasteiger partial charge is 0.166 e. The van der Waals surface area contributed by atoms with Gasteiger partial charge in [0.25, 0.3) is 0 Å². The Labute approximate surface area is 134 Å². The van der Waals surface area contributed by atoms with Crippen LogP contribution in [0.15, 0.2) is 53.1 Å². The number of hydrogen-bond acceptors (Lipinski definition) is 7. The quantitative estimate of drug-likeness (QED) is 0.424. The first-order chi connectivity index (χ1) is 10.9. The fourth-order valence-electron chi connectivity index (χ4n) is 2.07. The Kier molecular flexibility index (Phi) is 3.53. The Morgan fingerprint density at radius 1 is 1.09 bits per heavy atom. The molecular formula is C14H10N6S2. The maximum Gasteiger partial charge on any atom is 0.166 e. The van der Waals surface area contributed by atoms with E-state index < -0.39 is 0 Å². The van der Waals surface area contributed by atoms with Crippen molar-refractivity contribution in [2.75, 3.05) is 0 Å². The van der Waals surface area contributed by atoms with Crippen molar-refractivity contribution in [3.63, 3.8) is 0 Å². The molecule has 1 aromatic carbocycles. The molecule has 0 aliphatic carbocycles. The standard InChI is InChI=1S/C14H10N6S2/c1-2-4-10(5-3-1)20-12(17-18-19-20)8-22-14-13-11(6-7-21-13)15-9-16-14/h1-7,9H,8H2. The van der Waals surface area contributed by atoms with Crippen LogP contribution in [0.3, 0.4) is 0 Å². The van der Waals surface area contributed by atoms with E-state index in [1.54, 1.807) is 34.1 Å². The van der Waals surface area contributed by atoms with Gasteiger partial charge in [-0.2, -0.15) is 4.68 Å². The molecular weight excluding hydrogens is 316 g/mol. The van der Waals surface area contributed by atoms with Crippen molar-refractivity contribution in [2.45, 2.75) is 10.8 Å². The molecule has 0 saturated carbocycles. The van der Waals surface area contributed by atoms with Crippen LogP contribution < -0.4 is 0 Å². The fraction of sp³-hybridized carbons (Fsp3) is 0.0714. The molecule has 0 aliphatic heterocycles. The maximum absolute atomic E-state index is 4.37. The molecule has 22 heavy (non-hydrogen) atoms. The zero-order valence-electron chi connectivity index (χ0n) is 11.3. The lowest BCUT2D eigenvalue weighted by atomic mass is 10.3. The second-order valence-electron chi connectivity index (χ2n) is 4.44. The maximum atomic E-state index is 4.37. The lowest BCUT2D eigenvalue weighted by Crippen LogP contribution is -2.02. The van der Waals surface area contributed by atoms with Gasteiger partial charge in [0.15, 0.2) is 5.82 Å². The van der Waals surface area contributed by atoms with Crippen LogP contribution in [0.5, 0.6) is 0 Å². The normalized spacial score (nSPS) is 11.1. The van der Waals surface area contributed by atoms with Crippen molar-refractivity contribution in [3.05, 3.63) is 53.9 Å². The molecule has 8 heteroatoms. The van der Waals surface area contributed by atoms with Crippen LogP contribution in [0.25, 0.3) is 15.9 Å². The van der Waals surface area contributed by atoms with Gasteiger partial charge < -0.3 is 0 Å². The third kappa shape index (κ3) is 2.46. The zero-order chi connectivity index (χ0) is 14.8. The summed E-state index contributed by atoms with van der Waals surface area (Å²) in [4.78, 5) is 8.62. The predicted molar refractivity (Wildman–Crippen MR) is 86.1 cm³/mol. The van der Waals surface area contributed by atoms with Gasteiger partial charge in [0.2, 0.25) is 0 Å². The second kappa shape index (κ2) is 5.82. The van der Waals surface area contributed by atoms with Gasteiger partial charge in [-0.1, -0.05) is 30.0 Å². The van der Waals surface area contributed by atoms with Gasteiger partial charge in [-0.3, -0.25) is 0 Å². The van der Waals surface area contributed by atoms with E-state index in [9.17, 15) is 0 Å². The number of thiophene rings is 1. The molecule has 0 fully saturated rings. The lowest BCUT2D eigenvalue weighted by Gasteiger charge is -2.04. The van der Waals surface area contributed by atoms with E-state index in [2.05, 4.69) is 25.5 Å². The molecule has 0 unspecified atom stereocenters. The second-order valence-corrected chi connectivity index (χ2v) is 6.33. The molecule has 0 amide bonds. The number of fused-ring (bicyclic) bond motifs is 1. The lowest BCUT2D eigenvalue weighted by molar-refractivity contribution is 0.777. The molecule has 0 saturated heterocycles. The van der Waals surface area contributed by atoms with E-state index >= 15 is 0 Å². The Balaban J connectivity index is 1.61. The number of hydrogen-bond donors (Lipinski definition) is 0. The summed E-state index contributed by atoms with van der Waals surface area (Å²) in [7, 11) is 0. The first-order valence-corrected chi connectivity index (χ1v) is 8.42. The Hall–Kier alpha value is -2.32. The predicted octanol–water partition coefficient (Wildman–Crippen LogP) is 2.96. The number of nitrogens with zero attached hydrogens (tertiary/aromatic N) is 6. The Bertz CT molecular complexity index is 902. The molecule has 0 aliphatic rings. The van der Waals surface area contributed by atoms with Gasteiger partial charge >= 0.3 is 0 Å². The van der Waals surface area contributed by atoms with Gasteiger partial charge in [-0.05, 0) is 34.0 Å². The third-order valence-corrected chi connectivity index (χ3v) is 5.11. The van der Waals surface area contributed by atoms with Gasteiger partial charge in [-0.15, -0.1) is 16.4 Å². The Morgan fingerprint density at radius 3 is 2.91 bits per heavy atom. The highest BCUT2D eigenvalue weighted by molar-refractivity contribution is 7.98. The van der Waals surface area contributed by atoms with Gasteiger partial charge in [0.05, 0.1) is 21.7 Å². The zero-order valence-corrected chi connectivity index (χ0v) is 13.0. The summed E-state index contributed by atoms with van der Waals surface area (Å²) in [5.74, 6) is 1.44. The number of para-hydroxylation sites is 1. The van der Waals surface area contributed by atoms with Crippen molar-refractivity contribution in [1.82, 2.24) is 30.2 Å². The van der Waals surface area contributed by atoms with Crippen LogP contribution in [0, 0.1) is 0 Å². The highest BCUT2D eigenvalue weighted by Gasteiger charge is 2.11. The summed E-state index contributed by atoms with van der Waals surface area (Å²) in [5, 5.41) is 14.9. The molecule has 108 valence electrons. The Morgan fingerprint density at radius 2 is 2.00 bits per heavy atom.